The molecule has 0 spiro atoms. The van der Waals surface area contributed by atoms with Gasteiger partial charge in [0.05, 0.1) is 23.2 Å². The summed E-state index contributed by atoms with van der Waals surface area (Å²) in [4.78, 5) is 34.8. The summed E-state index contributed by atoms with van der Waals surface area (Å²) in [6.45, 7) is 0.968. The lowest BCUT2D eigenvalue weighted by atomic mass is 10.1. The normalized spacial score (nSPS) is 16.2. The molecule has 0 unspecified atom stereocenters. The Balaban J connectivity index is 1.22. The number of aromatic nitrogens is 2. The number of likely N-dealkylation sites (tertiary alicyclic amines) is 1. The Kier molecular flexibility index (Phi) is 5.48. The molecule has 164 valence electrons. The Hall–Kier alpha value is -3.10. The van der Waals surface area contributed by atoms with E-state index in [2.05, 4.69) is 15.3 Å². The third kappa shape index (κ3) is 4.03. The molecule has 4 aromatic rings. The molecule has 1 aliphatic rings. The molecule has 0 bridgehead atoms. The third-order valence-electron chi connectivity index (χ3n) is 5.79. The van der Waals surface area contributed by atoms with Crippen LogP contribution in [-0.4, -0.2) is 46.9 Å². The minimum atomic E-state index is -0.388. The van der Waals surface area contributed by atoms with Gasteiger partial charge in [0, 0.05) is 41.6 Å². The van der Waals surface area contributed by atoms with Gasteiger partial charge in [-0.15, -0.1) is 0 Å². The van der Waals surface area contributed by atoms with Crippen LogP contribution >= 0.6 is 22.9 Å². The smallest absolute Gasteiger partial charge is 0.231 e. The van der Waals surface area contributed by atoms with Gasteiger partial charge in [-0.25, -0.2) is 4.98 Å². The molecule has 3 heterocycles. The van der Waals surface area contributed by atoms with E-state index < -0.39 is 0 Å². The largest absolute Gasteiger partial charge is 0.497 e. The number of hydrogen-bond acceptors (Lipinski definition) is 5. The van der Waals surface area contributed by atoms with Crippen LogP contribution in [0.15, 0.2) is 42.6 Å². The molecule has 0 saturated carbocycles. The Morgan fingerprint density at radius 2 is 2.22 bits per heavy atom. The van der Waals surface area contributed by atoms with Crippen LogP contribution in [0.5, 0.6) is 5.75 Å². The number of benzene rings is 2. The molecule has 2 aromatic heterocycles. The number of rotatable bonds is 6. The molecule has 7 nitrogen and oxygen atoms in total. The summed E-state index contributed by atoms with van der Waals surface area (Å²) in [5.41, 5.74) is 2.92. The van der Waals surface area contributed by atoms with Crippen molar-refractivity contribution in [3.8, 4) is 5.75 Å². The van der Waals surface area contributed by atoms with E-state index >= 15 is 0 Å². The first-order valence-electron chi connectivity index (χ1n) is 10.3. The summed E-state index contributed by atoms with van der Waals surface area (Å²) in [5, 5.41) is 5.15. The summed E-state index contributed by atoms with van der Waals surface area (Å²) in [6, 6.07) is 11.3. The number of anilines is 1. The predicted octanol–water partition coefficient (Wildman–Crippen LogP) is 4.47. The van der Waals surface area contributed by atoms with Crippen molar-refractivity contribution in [2.45, 2.75) is 12.8 Å². The van der Waals surface area contributed by atoms with Crippen LogP contribution in [0.1, 0.15) is 12.0 Å². The fraction of sp³-hybridized carbons (Fsp3) is 0.261. The second kappa shape index (κ2) is 8.44. The molecule has 1 atom stereocenters. The zero-order valence-corrected chi connectivity index (χ0v) is 18.9. The number of aromatic amines is 1. The summed E-state index contributed by atoms with van der Waals surface area (Å²) in [5.74, 6) is 0.179. The van der Waals surface area contributed by atoms with Crippen molar-refractivity contribution in [2.75, 3.05) is 25.5 Å². The number of nitrogens with zero attached hydrogens (tertiary/aromatic N) is 2. The van der Waals surface area contributed by atoms with Crippen molar-refractivity contribution in [2.24, 2.45) is 5.92 Å². The lowest BCUT2D eigenvalue weighted by Gasteiger charge is -2.16. The van der Waals surface area contributed by atoms with Gasteiger partial charge in [0.2, 0.25) is 11.8 Å². The van der Waals surface area contributed by atoms with E-state index in [0.717, 1.165) is 32.4 Å². The number of amides is 2. The number of H-pyrrole nitrogens is 1. The van der Waals surface area contributed by atoms with E-state index in [1.807, 2.05) is 42.6 Å². The SMILES string of the molecule is COc1ccc2nc(NC(=O)[C@@H]3CC(=O)N(CCc4c[nH]c5ccc(Cl)cc45)C3)sc2c1. The van der Waals surface area contributed by atoms with E-state index in [-0.39, 0.29) is 24.2 Å². The summed E-state index contributed by atoms with van der Waals surface area (Å²) in [7, 11) is 1.61. The fourth-order valence-electron chi connectivity index (χ4n) is 4.07. The predicted molar refractivity (Wildman–Crippen MR) is 127 cm³/mol. The Morgan fingerprint density at radius 3 is 3.06 bits per heavy atom. The number of methoxy groups -OCH3 is 1. The van der Waals surface area contributed by atoms with Gasteiger partial charge in [-0.2, -0.15) is 0 Å². The van der Waals surface area contributed by atoms with Crippen LogP contribution in [0.3, 0.4) is 0 Å². The fourth-order valence-corrected chi connectivity index (χ4v) is 5.14. The first kappa shape index (κ1) is 20.8. The minimum Gasteiger partial charge on any atom is -0.497 e. The number of carbonyl (C=O) groups is 2. The number of carbonyl (C=O) groups excluding carboxylic acids is 2. The van der Waals surface area contributed by atoms with Crippen molar-refractivity contribution in [3.05, 3.63) is 53.2 Å². The van der Waals surface area contributed by atoms with Gasteiger partial charge in [-0.1, -0.05) is 22.9 Å². The number of ether oxygens (including phenoxy) is 1. The number of thiazole rings is 1. The van der Waals surface area contributed by atoms with Crippen LogP contribution in [0, 0.1) is 5.92 Å². The molecule has 1 saturated heterocycles. The molecular formula is C23H21ClN4O3S. The highest BCUT2D eigenvalue weighted by Gasteiger charge is 2.34. The van der Waals surface area contributed by atoms with Crippen LogP contribution in [0.4, 0.5) is 5.13 Å². The molecule has 0 aliphatic carbocycles. The van der Waals surface area contributed by atoms with Gasteiger partial charge in [0.1, 0.15) is 5.75 Å². The van der Waals surface area contributed by atoms with E-state index in [4.69, 9.17) is 16.3 Å². The number of halogens is 1. The van der Waals surface area contributed by atoms with Crippen molar-refractivity contribution in [1.29, 1.82) is 0 Å². The minimum absolute atomic E-state index is 0.00272. The molecule has 1 aliphatic heterocycles. The summed E-state index contributed by atoms with van der Waals surface area (Å²) in [6.07, 6.45) is 2.86. The van der Waals surface area contributed by atoms with Gasteiger partial charge in [0.25, 0.3) is 0 Å². The first-order valence-corrected chi connectivity index (χ1v) is 11.5. The highest BCUT2D eigenvalue weighted by atomic mass is 35.5. The van der Waals surface area contributed by atoms with Crippen LogP contribution < -0.4 is 10.1 Å². The van der Waals surface area contributed by atoms with Crippen LogP contribution in [-0.2, 0) is 16.0 Å². The maximum Gasteiger partial charge on any atom is 0.231 e. The second-order valence-corrected chi connectivity index (χ2v) is 9.30. The van der Waals surface area contributed by atoms with Gasteiger partial charge in [-0.05, 0) is 48.4 Å². The van der Waals surface area contributed by atoms with Crippen LogP contribution in [0.25, 0.3) is 21.1 Å². The molecule has 2 amide bonds. The Labute approximate surface area is 193 Å². The molecule has 1 fully saturated rings. The third-order valence-corrected chi connectivity index (χ3v) is 6.96. The monoisotopic (exact) mass is 468 g/mol. The van der Waals surface area contributed by atoms with Crippen molar-refractivity contribution < 1.29 is 14.3 Å². The molecule has 2 N–H and O–H groups in total. The molecule has 2 aromatic carbocycles. The maximum absolute atomic E-state index is 12.8. The summed E-state index contributed by atoms with van der Waals surface area (Å²) < 4.78 is 6.17. The maximum atomic E-state index is 12.8. The van der Waals surface area contributed by atoms with E-state index in [0.29, 0.717) is 29.7 Å². The van der Waals surface area contributed by atoms with E-state index in [1.54, 1.807) is 12.0 Å². The first-order chi connectivity index (χ1) is 15.5. The highest BCUT2D eigenvalue weighted by Crippen LogP contribution is 2.30. The second-order valence-electron chi connectivity index (χ2n) is 7.84. The average molecular weight is 469 g/mol. The number of fused-ring (bicyclic) bond motifs is 2. The molecule has 32 heavy (non-hydrogen) atoms. The lowest BCUT2D eigenvalue weighted by Crippen LogP contribution is -2.29. The lowest BCUT2D eigenvalue weighted by molar-refractivity contribution is -0.128. The zero-order chi connectivity index (χ0) is 22.2. The highest BCUT2D eigenvalue weighted by molar-refractivity contribution is 7.22. The van der Waals surface area contributed by atoms with Crippen molar-refractivity contribution in [3.63, 3.8) is 0 Å². The van der Waals surface area contributed by atoms with Gasteiger partial charge < -0.3 is 19.9 Å². The van der Waals surface area contributed by atoms with Crippen molar-refractivity contribution in [1.82, 2.24) is 14.9 Å². The average Bonchev–Trinajstić information content (AvgIpc) is 3.47. The summed E-state index contributed by atoms with van der Waals surface area (Å²) >= 11 is 7.52. The van der Waals surface area contributed by atoms with E-state index in [9.17, 15) is 9.59 Å². The van der Waals surface area contributed by atoms with Gasteiger partial charge in [-0.3, -0.25) is 9.59 Å². The van der Waals surface area contributed by atoms with Gasteiger partial charge >= 0.3 is 0 Å². The molecule has 9 heteroatoms. The molecular weight excluding hydrogens is 448 g/mol. The zero-order valence-electron chi connectivity index (χ0n) is 17.4. The number of hydrogen-bond donors (Lipinski definition) is 2. The topological polar surface area (TPSA) is 87.3 Å². The van der Waals surface area contributed by atoms with Crippen molar-refractivity contribution >= 4 is 61.0 Å². The van der Waals surface area contributed by atoms with E-state index in [1.165, 1.54) is 11.3 Å². The number of nitrogens with one attached hydrogen (secondary N) is 2. The Morgan fingerprint density at radius 1 is 1.34 bits per heavy atom. The van der Waals surface area contributed by atoms with Gasteiger partial charge in [0.15, 0.2) is 5.13 Å². The quantitative estimate of drug-likeness (QED) is 0.437. The standard InChI is InChI=1S/C23H21ClN4O3S/c1-31-16-3-5-19-20(10-16)32-23(26-19)27-22(30)14-8-21(29)28(12-14)7-6-13-11-25-18-4-2-15(24)9-17(13)18/h2-5,9-11,14,25H,6-8,12H2,1H3,(H,26,27,30)/t14-/m1/s1. The van der Waals surface area contributed by atoms with Crippen LogP contribution in [0.2, 0.25) is 5.02 Å². The molecule has 0 radical (unpaired) electrons. The Bertz CT molecular complexity index is 1330. The molecule has 5 rings (SSSR count).